The second-order valence-electron chi connectivity index (χ2n) is 8.12. The highest BCUT2D eigenvalue weighted by molar-refractivity contribution is 6.34. The van der Waals surface area contributed by atoms with Crippen molar-refractivity contribution in [2.75, 3.05) is 6.54 Å². The lowest BCUT2D eigenvalue weighted by Crippen LogP contribution is -2.52. The van der Waals surface area contributed by atoms with E-state index in [-0.39, 0.29) is 28.2 Å². The van der Waals surface area contributed by atoms with Crippen LogP contribution >= 0.6 is 11.6 Å². The molecule has 4 atom stereocenters. The largest absolute Gasteiger partial charge is 0.292 e. The first kappa shape index (κ1) is 19.7. The van der Waals surface area contributed by atoms with Gasteiger partial charge >= 0.3 is 0 Å². The number of imide groups is 1. The molecule has 3 amide bonds. The number of carbonyl (C=O) groups excluding carboxylic acids is 4. The second kappa shape index (κ2) is 7.46. The minimum absolute atomic E-state index is 0.00135. The Balaban J connectivity index is 1.52. The van der Waals surface area contributed by atoms with E-state index in [4.69, 9.17) is 11.6 Å². The number of nitrogens with zero attached hydrogens (tertiary/aromatic N) is 2. The number of allylic oxidation sites excluding steroid dienone is 2. The van der Waals surface area contributed by atoms with Crippen LogP contribution < -0.4 is 0 Å². The van der Waals surface area contributed by atoms with E-state index in [0.717, 1.165) is 16.4 Å². The molecule has 1 aliphatic heterocycles. The van der Waals surface area contributed by atoms with Crippen LogP contribution in [-0.4, -0.2) is 40.1 Å². The molecule has 1 saturated heterocycles. The number of rotatable bonds is 5. The summed E-state index contributed by atoms with van der Waals surface area (Å²) in [7, 11) is 0. The molecule has 2 bridgehead atoms. The molecule has 3 aliphatic rings. The normalized spacial score (nSPS) is 25.8. The Morgan fingerprint density at radius 2 is 1.48 bits per heavy atom. The maximum atomic E-state index is 13.4. The van der Waals surface area contributed by atoms with Crippen molar-refractivity contribution in [3.8, 4) is 0 Å². The molecule has 1 heterocycles. The summed E-state index contributed by atoms with van der Waals surface area (Å²) in [6.45, 7) is -0.437. The summed E-state index contributed by atoms with van der Waals surface area (Å²) in [5.41, 5.74) is 0.518. The lowest BCUT2D eigenvalue weighted by molar-refractivity contribution is -0.154. The molecule has 156 valence electrons. The van der Waals surface area contributed by atoms with Crippen molar-refractivity contribution in [3.05, 3.63) is 82.9 Å². The van der Waals surface area contributed by atoms with Crippen molar-refractivity contribution in [1.82, 2.24) is 10.0 Å². The van der Waals surface area contributed by atoms with Crippen molar-refractivity contribution in [2.45, 2.75) is 6.42 Å². The van der Waals surface area contributed by atoms with Gasteiger partial charge in [0.2, 0.25) is 0 Å². The molecule has 2 aliphatic carbocycles. The van der Waals surface area contributed by atoms with E-state index in [1.165, 1.54) is 6.07 Å². The summed E-state index contributed by atoms with van der Waals surface area (Å²) in [6, 6.07) is 14.9. The summed E-state index contributed by atoms with van der Waals surface area (Å²) < 4.78 is 0. The molecule has 7 heteroatoms. The van der Waals surface area contributed by atoms with Gasteiger partial charge in [-0.2, -0.15) is 5.01 Å². The maximum Gasteiger partial charge on any atom is 0.274 e. The van der Waals surface area contributed by atoms with Crippen LogP contribution in [0.3, 0.4) is 0 Å². The van der Waals surface area contributed by atoms with E-state index >= 15 is 0 Å². The van der Waals surface area contributed by atoms with Crippen molar-refractivity contribution in [2.24, 2.45) is 23.7 Å². The summed E-state index contributed by atoms with van der Waals surface area (Å²) >= 11 is 6.22. The van der Waals surface area contributed by atoms with E-state index in [0.29, 0.717) is 5.56 Å². The van der Waals surface area contributed by atoms with Gasteiger partial charge in [0.25, 0.3) is 17.7 Å². The summed E-state index contributed by atoms with van der Waals surface area (Å²) in [6.07, 6.45) is 4.74. The third kappa shape index (κ3) is 3.10. The summed E-state index contributed by atoms with van der Waals surface area (Å²) in [5, 5.41) is 2.05. The summed E-state index contributed by atoms with van der Waals surface area (Å²) in [5.74, 6) is -2.83. The molecule has 0 aromatic heterocycles. The fourth-order valence-electron chi connectivity index (χ4n) is 4.98. The number of fused-ring (bicyclic) bond motifs is 5. The molecule has 2 aromatic rings. The van der Waals surface area contributed by atoms with Gasteiger partial charge in [-0.15, -0.1) is 0 Å². The molecule has 0 spiro atoms. The Morgan fingerprint density at radius 1 is 0.903 bits per heavy atom. The van der Waals surface area contributed by atoms with Gasteiger partial charge in [0.15, 0.2) is 5.78 Å². The zero-order valence-corrected chi connectivity index (χ0v) is 17.2. The molecule has 1 saturated carbocycles. The molecule has 0 N–H and O–H groups in total. The maximum absolute atomic E-state index is 13.4. The van der Waals surface area contributed by atoms with Crippen LogP contribution in [0, 0.1) is 23.7 Å². The molecule has 2 fully saturated rings. The number of amides is 3. The molecule has 0 unspecified atom stereocenters. The number of Topliss-reactive ketones (excluding diaryl/α,β-unsaturated/α-hetero) is 1. The smallest absolute Gasteiger partial charge is 0.274 e. The van der Waals surface area contributed by atoms with Crippen LogP contribution in [0.2, 0.25) is 5.02 Å². The van der Waals surface area contributed by atoms with E-state index < -0.39 is 36.1 Å². The number of halogens is 1. The first-order chi connectivity index (χ1) is 15.0. The number of ketones is 1. The number of hydrogen-bond acceptors (Lipinski definition) is 4. The Hall–Kier alpha value is -3.25. The van der Waals surface area contributed by atoms with Crippen LogP contribution in [0.25, 0.3) is 0 Å². The van der Waals surface area contributed by atoms with Crippen LogP contribution in [0.5, 0.6) is 0 Å². The molecule has 31 heavy (non-hydrogen) atoms. The second-order valence-corrected chi connectivity index (χ2v) is 8.53. The SMILES string of the molecule is O=C(CN(C(=O)c1ccccc1Cl)N1C(=O)[C@H]2[C@H](C1=O)[C@H]1C=C[C@H]2C1)c1ccccc1. The Labute approximate surface area is 184 Å². The quantitative estimate of drug-likeness (QED) is 0.410. The van der Waals surface area contributed by atoms with Crippen molar-refractivity contribution < 1.29 is 19.2 Å². The van der Waals surface area contributed by atoms with Crippen molar-refractivity contribution in [1.29, 1.82) is 0 Å². The standard InChI is InChI=1S/C24H19ClN2O4/c25-18-9-5-4-8-17(18)22(29)26(13-19(28)14-6-2-1-3-7-14)27-23(30)20-15-10-11-16(12-15)21(20)24(27)31/h1-11,15-16,20-21H,12-13H2/t15-,16-,20+,21+/m0/s1. The Bertz CT molecular complexity index is 1100. The van der Waals surface area contributed by atoms with Crippen LogP contribution in [-0.2, 0) is 9.59 Å². The van der Waals surface area contributed by atoms with Crippen LogP contribution in [0.1, 0.15) is 27.1 Å². The average molecular weight is 435 g/mol. The molecule has 2 aromatic carbocycles. The van der Waals surface area contributed by atoms with Gasteiger partial charge in [0.1, 0.15) is 6.54 Å². The molecule has 6 nitrogen and oxygen atoms in total. The van der Waals surface area contributed by atoms with Gasteiger partial charge in [-0.05, 0) is 30.4 Å². The van der Waals surface area contributed by atoms with Crippen molar-refractivity contribution in [3.63, 3.8) is 0 Å². The van der Waals surface area contributed by atoms with Crippen LogP contribution in [0.15, 0.2) is 66.7 Å². The summed E-state index contributed by atoms with van der Waals surface area (Å²) in [4.78, 5) is 53.0. The number of hydrazine groups is 1. The fraction of sp³-hybridized carbons (Fsp3) is 0.250. The minimum atomic E-state index is -0.656. The van der Waals surface area contributed by atoms with Gasteiger partial charge in [0, 0.05) is 5.56 Å². The zero-order chi connectivity index (χ0) is 21.7. The predicted octanol–water partition coefficient (Wildman–Crippen LogP) is 3.39. The Kier molecular flexibility index (Phi) is 4.74. The van der Waals surface area contributed by atoms with Gasteiger partial charge in [-0.3, -0.25) is 19.2 Å². The highest BCUT2D eigenvalue weighted by Crippen LogP contribution is 2.52. The molecule has 5 rings (SSSR count). The van der Waals surface area contributed by atoms with Crippen molar-refractivity contribution >= 4 is 35.1 Å². The highest BCUT2D eigenvalue weighted by atomic mass is 35.5. The number of benzene rings is 2. The molecule has 0 radical (unpaired) electrons. The predicted molar refractivity (Wildman–Crippen MR) is 113 cm³/mol. The van der Waals surface area contributed by atoms with E-state index in [2.05, 4.69) is 0 Å². The topological polar surface area (TPSA) is 74.8 Å². The van der Waals surface area contributed by atoms with Gasteiger partial charge in [-0.25, -0.2) is 5.01 Å². The van der Waals surface area contributed by atoms with Gasteiger partial charge in [-0.1, -0.05) is 66.2 Å². The zero-order valence-electron chi connectivity index (χ0n) is 16.5. The third-order valence-corrected chi connectivity index (χ3v) is 6.75. The number of carbonyl (C=O) groups is 4. The highest BCUT2D eigenvalue weighted by Gasteiger charge is 2.61. The minimum Gasteiger partial charge on any atom is -0.292 e. The monoisotopic (exact) mass is 434 g/mol. The first-order valence-corrected chi connectivity index (χ1v) is 10.6. The van der Waals surface area contributed by atoms with E-state index in [1.807, 2.05) is 12.2 Å². The number of hydrogen-bond donors (Lipinski definition) is 0. The average Bonchev–Trinajstić information content (AvgIpc) is 3.46. The fourth-order valence-corrected chi connectivity index (χ4v) is 5.20. The lowest BCUT2D eigenvalue weighted by atomic mass is 9.85. The van der Waals surface area contributed by atoms with E-state index in [9.17, 15) is 19.2 Å². The molecular weight excluding hydrogens is 416 g/mol. The third-order valence-electron chi connectivity index (χ3n) is 6.42. The molecular formula is C24H19ClN2O4. The van der Waals surface area contributed by atoms with Crippen LogP contribution in [0.4, 0.5) is 0 Å². The Morgan fingerprint density at radius 3 is 2.10 bits per heavy atom. The van der Waals surface area contributed by atoms with Gasteiger partial charge < -0.3 is 0 Å². The first-order valence-electron chi connectivity index (χ1n) is 10.2. The lowest BCUT2D eigenvalue weighted by Gasteiger charge is -2.31. The van der Waals surface area contributed by atoms with Gasteiger partial charge in [0.05, 0.1) is 22.4 Å². The van der Waals surface area contributed by atoms with E-state index in [1.54, 1.807) is 48.5 Å².